The molecule has 1 aliphatic carbocycles. The van der Waals surface area contributed by atoms with Crippen molar-refractivity contribution in [2.75, 3.05) is 0 Å². The topological polar surface area (TPSA) is 34.9 Å². The summed E-state index contributed by atoms with van der Waals surface area (Å²) in [6.07, 6.45) is 7.16. The third-order valence-electron chi connectivity index (χ3n) is 2.07. The standard InChI is InChI=1S/C9H10N2O/c1-11-9-7(6-10-11)4-2-3-5-8(9)12/h2,4,6H,3,5H2,1H3. The molecule has 0 spiro atoms. The molecule has 0 unspecified atom stereocenters. The lowest BCUT2D eigenvalue weighted by molar-refractivity contribution is 0.0975. The van der Waals surface area contributed by atoms with Crippen molar-refractivity contribution in [1.29, 1.82) is 0 Å². The minimum Gasteiger partial charge on any atom is -0.292 e. The average Bonchev–Trinajstić information content (AvgIpc) is 2.29. The molecule has 1 aromatic heterocycles. The highest BCUT2D eigenvalue weighted by Gasteiger charge is 2.16. The zero-order valence-corrected chi connectivity index (χ0v) is 6.95. The van der Waals surface area contributed by atoms with Crippen LogP contribution in [-0.2, 0) is 7.05 Å². The SMILES string of the molecule is Cn1ncc2c1C(=O)CCC=C2. The summed E-state index contributed by atoms with van der Waals surface area (Å²) >= 11 is 0. The van der Waals surface area contributed by atoms with Crippen LogP contribution in [0.2, 0.25) is 0 Å². The van der Waals surface area contributed by atoms with Crippen LogP contribution in [0.15, 0.2) is 12.3 Å². The lowest BCUT2D eigenvalue weighted by atomic mass is 10.1. The second-order valence-electron chi connectivity index (χ2n) is 2.94. The van der Waals surface area contributed by atoms with Crippen LogP contribution in [0.5, 0.6) is 0 Å². The van der Waals surface area contributed by atoms with E-state index in [4.69, 9.17) is 0 Å². The van der Waals surface area contributed by atoms with Crippen molar-refractivity contribution in [3.63, 3.8) is 0 Å². The monoisotopic (exact) mass is 162 g/mol. The molecule has 0 saturated carbocycles. The van der Waals surface area contributed by atoms with Crippen molar-refractivity contribution in [1.82, 2.24) is 9.78 Å². The minimum atomic E-state index is 0.190. The Labute approximate surface area is 70.7 Å². The molecule has 62 valence electrons. The number of allylic oxidation sites excluding steroid dienone is 1. The average molecular weight is 162 g/mol. The van der Waals surface area contributed by atoms with E-state index >= 15 is 0 Å². The van der Waals surface area contributed by atoms with E-state index in [1.165, 1.54) is 0 Å². The van der Waals surface area contributed by atoms with E-state index < -0.39 is 0 Å². The Kier molecular flexibility index (Phi) is 1.57. The van der Waals surface area contributed by atoms with Gasteiger partial charge in [-0.15, -0.1) is 0 Å². The van der Waals surface area contributed by atoms with Crippen LogP contribution in [0.4, 0.5) is 0 Å². The highest BCUT2D eigenvalue weighted by atomic mass is 16.1. The summed E-state index contributed by atoms with van der Waals surface area (Å²) in [5, 5.41) is 4.03. The molecule has 0 bridgehead atoms. The maximum absolute atomic E-state index is 11.5. The smallest absolute Gasteiger partial charge is 0.181 e. The molecule has 0 fully saturated rings. The van der Waals surface area contributed by atoms with E-state index in [0.29, 0.717) is 6.42 Å². The zero-order chi connectivity index (χ0) is 8.55. The summed E-state index contributed by atoms with van der Waals surface area (Å²) in [6, 6.07) is 0. The van der Waals surface area contributed by atoms with E-state index in [9.17, 15) is 4.79 Å². The molecule has 0 atom stereocenters. The van der Waals surface area contributed by atoms with Crippen LogP contribution in [-0.4, -0.2) is 15.6 Å². The van der Waals surface area contributed by atoms with Gasteiger partial charge in [0, 0.05) is 19.0 Å². The molecule has 0 N–H and O–H groups in total. The molecule has 0 aromatic carbocycles. The van der Waals surface area contributed by atoms with E-state index in [0.717, 1.165) is 17.7 Å². The van der Waals surface area contributed by atoms with Crippen LogP contribution >= 0.6 is 0 Å². The van der Waals surface area contributed by atoms with Crippen LogP contribution < -0.4 is 0 Å². The fourth-order valence-electron chi connectivity index (χ4n) is 1.46. The van der Waals surface area contributed by atoms with E-state index in [1.807, 2.05) is 12.2 Å². The first-order chi connectivity index (χ1) is 5.79. The molecule has 3 heteroatoms. The Morgan fingerprint density at radius 2 is 2.42 bits per heavy atom. The first kappa shape index (κ1) is 7.28. The summed E-state index contributed by atoms with van der Waals surface area (Å²) in [7, 11) is 1.80. The summed E-state index contributed by atoms with van der Waals surface area (Å²) in [4.78, 5) is 11.5. The van der Waals surface area contributed by atoms with Crippen molar-refractivity contribution in [3.05, 3.63) is 23.5 Å². The molecule has 2 rings (SSSR count). The van der Waals surface area contributed by atoms with Gasteiger partial charge in [0.25, 0.3) is 0 Å². The van der Waals surface area contributed by atoms with Gasteiger partial charge in [0.05, 0.1) is 6.20 Å². The molecule has 3 nitrogen and oxygen atoms in total. The first-order valence-corrected chi connectivity index (χ1v) is 4.01. The van der Waals surface area contributed by atoms with Crippen LogP contribution in [0.3, 0.4) is 0 Å². The fraction of sp³-hybridized carbons (Fsp3) is 0.333. The lowest BCUT2D eigenvalue weighted by Gasteiger charge is -1.98. The highest BCUT2D eigenvalue weighted by molar-refractivity contribution is 5.98. The number of aryl methyl sites for hydroxylation is 1. The van der Waals surface area contributed by atoms with Gasteiger partial charge in [-0.1, -0.05) is 12.2 Å². The van der Waals surface area contributed by atoms with Gasteiger partial charge in [0.15, 0.2) is 5.78 Å². The minimum absolute atomic E-state index is 0.190. The van der Waals surface area contributed by atoms with Crippen molar-refractivity contribution < 1.29 is 4.79 Å². The molecule has 0 aliphatic heterocycles. The zero-order valence-electron chi connectivity index (χ0n) is 6.95. The van der Waals surface area contributed by atoms with E-state index in [1.54, 1.807) is 17.9 Å². The molecular formula is C9H10N2O. The van der Waals surface area contributed by atoms with Gasteiger partial charge in [-0.05, 0) is 6.42 Å². The predicted octanol–water partition coefficient (Wildman–Crippen LogP) is 1.41. The molecule has 1 aliphatic rings. The molecule has 0 saturated heterocycles. The Hall–Kier alpha value is -1.38. The van der Waals surface area contributed by atoms with Gasteiger partial charge in [0.1, 0.15) is 5.69 Å². The second kappa shape index (κ2) is 2.59. The van der Waals surface area contributed by atoms with Gasteiger partial charge in [0.2, 0.25) is 0 Å². The van der Waals surface area contributed by atoms with Crippen LogP contribution in [0, 0.1) is 0 Å². The first-order valence-electron chi connectivity index (χ1n) is 4.01. The van der Waals surface area contributed by atoms with Gasteiger partial charge in [-0.3, -0.25) is 9.48 Å². The number of ketones is 1. The predicted molar refractivity (Wildman–Crippen MR) is 45.8 cm³/mol. The summed E-state index contributed by atoms with van der Waals surface area (Å²) < 4.78 is 1.65. The number of Topliss-reactive ketones (excluding diaryl/α,β-unsaturated/α-hetero) is 1. The highest BCUT2D eigenvalue weighted by Crippen LogP contribution is 2.17. The van der Waals surface area contributed by atoms with Gasteiger partial charge in [-0.25, -0.2) is 0 Å². The Balaban J connectivity index is 2.59. The van der Waals surface area contributed by atoms with Crippen molar-refractivity contribution in [2.45, 2.75) is 12.8 Å². The fourth-order valence-corrected chi connectivity index (χ4v) is 1.46. The third kappa shape index (κ3) is 0.978. The largest absolute Gasteiger partial charge is 0.292 e. The van der Waals surface area contributed by atoms with Crippen molar-refractivity contribution in [2.24, 2.45) is 7.05 Å². The van der Waals surface area contributed by atoms with Crippen molar-refractivity contribution in [3.8, 4) is 0 Å². The number of fused-ring (bicyclic) bond motifs is 1. The normalized spacial score (nSPS) is 15.9. The molecule has 1 aromatic rings. The van der Waals surface area contributed by atoms with E-state index in [2.05, 4.69) is 5.10 Å². The summed E-state index contributed by atoms with van der Waals surface area (Å²) in [5.41, 5.74) is 1.68. The van der Waals surface area contributed by atoms with Crippen LogP contribution in [0.1, 0.15) is 28.9 Å². The third-order valence-corrected chi connectivity index (χ3v) is 2.07. The molecule has 1 heterocycles. The second-order valence-corrected chi connectivity index (χ2v) is 2.94. The number of carbonyl (C=O) groups excluding carboxylic acids is 1. The molecule has 0 amide bonds. The number of aromatic nitrogens is 2. The number of hydrogen-bond acceptors (Lipinski definition) is 2. The quantitative estimate of drug-likeness (QED) is 0.578. The number of hydrogen-bond donors (Lipinski definition) is 0. The molecular weight excluding hydrogens is 152 g/mol. The van der Waals surface area contributed by atoms with E-state index in [-0.39, 0.29) is 5.78 Å². The number of rotatable bonds is 0. The molecule has 12 heavy (non-hydrogen) atoms. The molecule has 0 radical (unpaired) electrons. The Bertz CT molecular complexity index is 349. The van der Waals surface area contributed by atoms with Crippen LogP contribution in [0.25, 0.3) is 6.08 Å². The lowest BCUT2D eigenvalue weighted by Crippen LogP contribution is -2.06. The summed E-state index contributed by atoms with van der Waals surface area (Å²) in [5.74, 6) is 0.190. The number of carbonyl (C=O) groups is 1. The maximum atomic E-state index is 11.5. The van der Waals surface area contributed by atoms with Gasteiger partial charge < -0.3 is 0 Å². The maximum Gasteiger partial charge on any atom is 0.181 e. The Morgan fingerprint density at radius 1 is 1.58 bits per heavy atom. The Morgan fingerprint density at radius 3 is 3.25 bits per heavy atom. The summed E-state index contributed by atoms with van der Waals surface area (Å²) in [6.45, 7) is 0. The van der Waals surface area contributed by atoms with Gasteiger partial charge in [-0.2, -0.15) is 5.10 Å². The van der Waals surface area contributed by atoms with Crippen molar-refractivity contribution >= 4 is 11.9 Å². The van der Waals surface area contributed by atoms with Gasteiger partial charge >= 0.3 is 0 Å². The number of nitrogens with zero attached hydrogens (tertiary/aromatic N) is 2.